The van der Waals surface area contributed by atoms with Crippen molar-refractivity contribution in [2.75, 3.05) is 19.6 Å². The number of piperidine rings is 1. The SMILES string of the molecule is CCCCN1C(=O)[C@H](CC2CCCCC2)NC(=O)C12CCN(Cc1c(C)nn(-c3ccc(S(=O)(=O)NC4CCCCC4)cc3)c1C)CC2.Cl. The van der Waals surface area contributed by atoms with E-state index in [9.17, 15) is 18.0 Å². The fraction of sp³-hybridized carbons (Fsp3) is 0.703. The number of nitrogens with zero attached hydrogens (tertiary/aromatic N) is 4. The number of hydrogen-bond donors (Lipinski definition) is 2. The normalized spacial score (nSPS) is 22.7. The van der Waals surface area contributed by atoms with Gasteiger partial charge in [0.25, 0.3) is 0 Å². The third-order valence-corrected chi connectivity index (χ3v) is 13.2. The quantitative estimate of drug-likeness (QED) is 0.297. The Morgan fingerprint density at radius 2 is 1.57 bits per heavy atom. The lowest BCUT2D eigenvalue weighted by Gasteiger charge is -2.52. The molecule has 1 spiro atoms. The van der Waals surface area contributed by atoms with Crippen LogP contribution < -0.4 is 10.0 Å². The van der Waals surface area contributed by atoms with Crippen LogP contribution in [0.4, 0.5) is 0 Å². The van der Waals surface area contributed by atoms with E-state index in [1.807, 2.05) is 28.6 Å². The fourth-order valence-corrected chi connectivity index (χ4v) is 9.97. The Bertz CT molecular complexity index is 1540. The Hall–Kier alpha value is -2.47. The van der Waals surface area contributed by atoms with Gasteiger partial charge < -0.3 is 10.2 Å². The highest BCUT2D eigenvalue weighted by Gasteiger charge is 2.53. The molecule has 2 saturated heterocycles. The first-order valence-electron chi connectivity index (χ1n) is 18.6. The van der Waals surface area contributed by atoms with Crippen molar-refractivity contribution in [3.8, 4) is 5.69 Å². The average molecular weight is 717 g/mol. The van der Waals surface area contributed by atoms with Crippen LogP contribution in [-0.4, -0.2) is 77.1 Å². The summed E-state index contributed by atoms with van der Waals surface area (Å²) in [6, 6.07) is 6.62. The van der Waals surface area contributed by atoms with E-state index < -0.39 is 15.6 Å². The van der Waals surface area contributed by atoms with E-state index in [-0.39, 0.29) is 41.2 Å². The van der Waals surface area contributed by atoms with Crippen LogP contribution in [0, 0.1) is 19.8 Å². The third-order valence-electron chi connectivity index (χ3n) is 11.7. The number of piperazine rings is 1. The van der Waals surface area contributed by atoms with Gasteiger partial charge in [0.1, 0.15) is 11.6 Å². The number of amides is 2. The molecule has 0 bridgehead atoms. The summed E-state index contributed by atoms with van der Waals surface area (Å²) in [4.78, 5) is 32.5. The molecule has 2 amide bonds. The highest BCUT2D eigenvalue weighted by Crippen LogP contribution is 2.37. The maximum absolute atomic E-state index is 13.9. The standard InChI is InChI=1S/C37H56N6O4S.ClH/c1-4-5-22-42-35(44)34(25-29-12-8-6-9-13-29)38-36(45)37(42)20-23-41(24-21-37)26-33-27(2)39-43(28(33)3)31-16-18-32(19-17-31)48(46,47)40-30-14-10-7-11-15-30;/h16-19,29-30,34,40H,4-15,20-26H2,1-3H3,(H,38,45);1H/t34-;/m0./s1. The van der Waals surface area contributed by atoms with Gasteiger partial charge in [0, 0.05) is 43.5 Å². The van der Waals surface area contributed by atoms with Crippen LogP contribution in [0.2, 0.25) is 0 Å². The van der Waals surface area contributed by atoms with Gasteiger partial charge in [-0.15, -0.1) is 12.4 Å². The molecule has 2 aliphatic carbocycles. The monoisotopic (exact) mass is 716 g/mol. The molecule has 1 aromatic heterocycles. The molecule has 2 aliphatic heterocycles. The maximum Gasteiger partial charge on any atom is 0.246 e. The molecule has 49 heavy (non-hydrogen) atoms. The molecule has 0 unspecified atom stereocenters. The molecule has 4 fully saturated rings. The van der Waals surface area contributed by atoms with Crippen molar-refractivity contribution >= 4 is 34.2 Å². The smallest absolute Gasteiger partial charge is 0.246 e. The second kappa shape index (κ2) is 16.3. The zero-order chi connectivity index (χ0) is 33.9. The topological polar surface area (TPSA) is 117 Å². The van der Waals surface area contributed by atoms with Gasteiger partial charge in [-0.3, -0.25) is 14.5 Å². The maximum atomic E-state index is 13.9. The summed E-state index contributed by atoms with van der Waals surface area (Å²) >= 11 is 0. The van der Waals surface area contributed by atoms with Crippen LogP contribution in [0.25, 0.3) is 5.69 Å². The molecule has 10 nitrogen and oxygen atoms in total. The lowest BCUT2D eigenvalue weighted by Crippen LogP contribution is -2.73. The molecule has 272 valence electrons. The van der Waals surface area contributed by atoms with E-state index in [2.05, 4.69) is 28.8 Å². The molecular formula is C37H57ClN6O4S. The van der Waals surface area contributed by atoms with E-state index >= 15 is 0 Å². The largest absolute Gasteiger partial charge is 0.342 e. The van der Waals surface area contributed by atoms with E-state index in [0.29, 0.717) is 31.8 Å². The lowest BCUT2D eigenvalue weighted by molar-refractivity contribution is -0.162. The van der Waals surface area contributed by atoms with E-state index in [1.165, 1.54) is 25.7 Å². The van der Waals surface area contributed by atoms with Gasteiger partial charge in [-0.1, -0.05) is 64.7 Å². The van der Waals surface area contributed by atoms with Gasteiger partial charge in [0.15, 0.2) is 0 Å². The lowest BCUT2D eigenvalue weighted by atomic mass is 9.79. The second-order valence-corrected chi connectivity index (χ2v) is 16.6. The summed E-state index contributed by atoms with van der Waals surface area (Å²) in [5.74, 6) is 0.690. The van der Waals surface area contributed by atoms with Crippen LogP contribution >= 0.6 is 12.4 Å². The summed E-state index contributed by atoms with van der Waals surface area (Å²) in [6.45, 7) is 9.01. The molecule has 2 saturated carbocycles. The number of hydrogen-bond acceptors (Lipinski definition) is 6. The van der Waals surface area contributed by atoms with Gasteiger partial charge >= 0.3 is 0 Å². The van der Waals surface area contributed by atoms with Gasteiger partial charge in [0.05, 0.1) is 16.3 Å². The number of nitrogens with one attached hydrogen (secondary N) is 2. The highest BCUT2D eigenvalue weighted by molar-refractivity contribution is 7.89. The number of aromatic nitrogens is 2. The van der Waals surface area contributed by atoms with Crippen molar-refractivity contribution in [2.24, 2.45) is 5.92 Å². The van der Waals surface area contributed by atoms with Crippen molar-refractivity contribution in [3.05, 3.63) is 41.2 Å². The zero-order valence-electron chi connectivity index (χ0n) is 29.7. The van der Waals surface area contributed by atoms with E-state index in [0.717, 1.165) is 93.5 Å². The Balaban J connectivity index is 0.00000468. The van der Waals surface area contributed by atoms with Gasteiger partial charge in [-0.05, 0) is 82.6 Å². The highest BCUT2D eigenvalue weighted by atomic mass is 35.5. The van der Waals surface area contributed by atoms with Crippen molar-refractivity contribution in [3.63, 3.8) is 0 Å². The number of unbranched alkanes of at least 4 members (excludes halogenated alkanes) is 1. The first-order valence-corrected chi connectivity index (χ1v) is 20.1. The minimum Gasteiger partial charge on any atom is -0.342 e. The van der Waals surface area contributed by atoms with Crippen LogP contribution in [0.15, 0.2) is 29.2 Å². The Kier molecular flexibility index (Phi) is 12.5. The summed E-state index contributed by atoms with van der Waals surface area (Å²) in [5.41, 5.74) is 3.14. The first-order chi connectivity index (χ1) is 23.1. The number of aryl methyl sites for hydroxylation is 1. The molecule has 3 heterocycles. The minimum atomic E-state index is -3.57. The predicted octanol–water partition coefficient (Wildman–Crippen LogP) is 5.95. The summed E-state index contributed by atoms with van der Waals surface area (Å²) in [5, 5.41) is 8.06. The summed E-state index contributed by atoms with van der Waals surface area (Å²) in [6.07, 6.45) is 15.1. The van der Waals surface area contributed by atoms with Crippen LogP contribution in [-0.2, 0) is 26.2 Å². The molecule has 1 atom stereocenters. The summed E-state index contributed by atoms with van der Waals surface area (Å²) < 4.78 is 30.8. The van der Waals surface area contributed by atoms with Gasteiger partial charge in [0.2, 0.25) is 21.8 Å². The van der Waals surface area contributed by atoms with Crippen LogP contribution in [0.1, 0.15) is 120 Å². The molecule has 4 aliphatic rings. The Labute approximate surface area is 299 Å². The fourth-order valence-electron chi connectivity index (χ4n) is 8.66. The number of halogens is 1. The van der Waals surface area contributed by atoms with Crippen molar-refractivity contribution in [1.82, 2.24) is 29.6 Å². The number of rotatable bonds is 11. The van der Waals surface area contributed by atoms with Crippen molar-refractivity contribution in [1.29, 1.82) is 0 Å². The van der Waals surface area contributed by atoms with Crippen LogP contribution in [0.3, 0.4) is 0 Å². The molecule has 6 rings (SSSR count). The average Bonchev–Trinajstić information content (AvgIpc) is 3.37. The molecule has 0 radical (unpaired) electrons. The van der Waals surface area contributed by atoms with Crippen molar-refractivity contribution in [2.45, 2.75) is 146 Å². The van der Waals surface area contributed by atoms with Crippen molar-refractivity contribution < 1.29 is 18.0 Å². The Morgan fingerprint density at radius 3 is 2.20 bits per heavy atom. The summed E-state index contributed by atoms with van der Waals surface area (Å²) in [7, 11) is -3.57. The number of carbonyl (C=O) groups is 2. The number of carbonyl (C=O) groups excluding carboxylic acids is 2. The second-order valence-electron chi connectivity index (χ2n) is 14.9. The Morgan fingerprint density at radius 1 is 0.939 bits per heavy atom. The molecule has 1 aromatic carbocycles. The minimum absolute atomic E-state index is 0. The third kappa shape index (κ3) is 8.21. The van der Waals surface area contributed by atoms with Gasteiger partial charge in [-0.2, -0.15) is 5.10 Å². The van der Waals surface area contributed by atoms with Crippen LogP contribution in [0.5, 0.6) is 0 Å². The molecule has 12 heteroatoms. The molecular weight excluding hydrogens is 660 g/mol. The number of likely N-dealkylation sites (tertiary alicyclic amines) is 1. The molecule has 2 N–H and O–H groups in total. The first kappa shape index (κ1) is 37.8. The number of benzene rings is 1. The zero-order valence-corrected chi connectivity index (χ0v) is 31.3. The predicted molar refractivity (Wildman–Crippen MR) is 194 cm³/mol. The van der Waals surface area contributed by atoms with E-state index in [4.69, 9.17) is 5.10 Å². The van der Waals surface area contributed by atoms with E-state index in [1.54, 1.807) is 12.1 Å². The number of sulfonamides is 1. The van der Waals surface area contributed by atoms with Gasteiger partial charge in [-0.25, -0.2) is 17.8 Å². The molecule has 2 aromatic rings.